The molecule has 0 aliphatic rings. The number of carbonyl (C=O) groups excluding carboxylic acids is 2. The Labute approximate surface area is 110 Å². The van der Waals surface area contributed by atoms with Gasteiger partial charge in [0.15, 0.2) is 0 Å². The lowest BCUT2D eigenvalue weighted by molar-refractivity contribution is -0.140. The van der Waals surface area contributed by atoms with Gasteiger partial charge in [-0.25, -0.2) is 4.79 Å². The van der Waals surface area contributed by atoms with Crippen LogP contribution in [0.4, 0.5) is 0 Å². The van der Waals surface area contributed by atoms with Crippen molar-refractivity contribution in [2.45, 2.75) is 13.0 Å². The molecule has 100 valence electrons. The van der Waals surface area contributed by atoms with Gasteiger partial charge in [-0.1, -0.05) is 18.2 Å². The van der Waals surface area contributed by atoms with Crippen LogP contribution in [0.15, 0.2) is 30.3 Å². The first kappa shape index (κ1) is 13.1. The van der Waals surface area contributed by atoms with Gasteiger partial charge in [0.05, 0.1) is 20.6 Å². The van der Waals surface area contributed by atoms with Gasteiger partial charge >= 0.3 is 11.9 Å². The molecule has 0 bridgehead atoms. The van der Waals surface area contributed by atoms with E-state index in [9.17, 15) is 9.59 Å². The van der Waals surface area contributed by atoms with Crippen LogP contribution in [-0.4, -0.2) is 30.7 Å². The lowest BCUT2D eigenvalue weighted by Crippen LogP contribution is -2.13. The molecule has 0 N–H and O–H groups in total. The van der Waals surface area contributed by atoms with Gasteiger partial charge in [0.25, 0.3) is 0 Å². The van der Waals surface area contributed by atoms with Gasteiger partial charge in [-0.3, -0.25) is 4.79 Å². The second-order valence-electron chi connectivity index (χ2n) is 4.06. The van der Waals surface area contributed by atoms with E-state index in [0.29, 0.717) is 12.2 Å². The van der Waals surface area contributed by atoms with Crippen molar-refractivity contribution in [1.82, 2.24) is 4.57 Å². The molecule has 0 spiro atoms. The van der Waals surface area contributed by atoms with Crippen molar-refractivity contribution < 1.29 is 19.1 Å². The molecule has 1 heterocycles. The van der Waals surface area contributed by atoms with Crippen LogP contribution in [0.2, 0.25) is 0 Å². The fourth-order valence-corrected chi connectivity index (χ4v) is 2.03. The Bertz CT molecular complexity index is 615. The lowest BCUT2D eigenvalue weighted by Gasteiger charge is -2.08. The zero-order valence-electron chi connectivity index (χ0n) is 10.9. The number of fused-ring (bicyclic) bond motifs is 1. The molecule has 0 fully saturated rings. The average Bonchev–Trinajstić information content (AvgIpc) is 2.82. The van der Waals surface area contributed by atoms with Crippen LogP contribution in [0.5, 0.6) is 0 Å². The Hall–Kier alpha value is -2.30. The van der Waals surface area contributed by atoms with Crippen LogP contribution in [0.3, 0.4) is 0 Å². The predicted molar refractivity (Wildman–Crippen MR) is 69.9 cm³/mol. The third-order valence-corrected chi connectivity index (χ3v) is 2.97. The molecule has 0 aliphatic carbocycles. The zero-order chi connectivity index (χ0) is 13.8. The predicted octanol–water partition coefficient (Wildman–Crippen LogP) is 1.99. The number of carbonyl (C=O) groups is 2. The maximum absolute atomic E-state index is 11.8. The Kier molecular flexibility index (Phi) is 3.85. The Balaban J connectivity index is 2.42. The van der Waals surface area contributed by atoms with Gasteiger partial charge in [0.1, 0.15) is 5.69 Å². The van der Waals surface area contributed by atoms with Crippen molar-refractivity contribution in [3.8, 4) is 0 Å². The summed E-state index contributed by atoms with van der Waals surface area (Å²) in [4.78, 5) is 23.0. The summed E-state index contributed by atoms with van der Waals surface area (Å²) in [7, 11) is 2.68. The highest BCUT2D eigenvalue weighted by Crippen LogP contribution is 2.21. The van der Waals surface area contributed by atoms with E-state index < -0.39 is 5.97 Å². The van der Waals surface area contributed by atoms with Gasteiger partial charge in [-0.2, -0.15) is 0 Å². The normalized spacial score (nSPS) is 10.4. The molecule has 0 unspecified atom stereocenters. The second-order valence-corrected chi connectivity index (χ2v) is 4.06. The summed E-state index contributed by atoms with van der Waals surface area (Å²) < 4.78 is 11.2. The first-order valence-electron chi connectivity index (χ1n) is 5.90. The summed E-state index contributed by atoms with van der Waals surface area (Å²) in [6, 6.07) is 9.36. The first-order chi connectivity index (χ1) is 9.17. The van der Waals surface area contributed by atoms with Gasteiger partial charge in [-0.15, -0.1) is 0 Å². The number of methoxy groups -OCH3 is 2. The highest BCUT2D eigenvalue weighted by atomic mass is 16.5. The number of para-hydroxylation sites is 1. The third kappa shape index (κ3) is 2.59. The van der Waals surface area contributed by atoms with E-state index >= 15 is 0 Å². The molecular formula is C14H15NO4. The average molecular weight is 261 g/mol. The van der Waals surface area contributed by atoms with Gasteiger partial charge in [-0.05, 0) is 12.1 Å². The van der Waals surface area contributed by atoms with Crippen LogP contribution in [0.25, 0.3) is 10.9 Å². The number of aromatic nitrogens is 1. The number of ether oxygens (including phenoxy) is 2. The summed E-state index contributed by atoms with van der Waals surface area (Å²) in [6.07, 6.45) is 0.208. The van der Waals surface area contributed by atoms with Crippen LogP contribution >= 0.6 is 0 Å². The summed E-state index contributed by atoms with van der Waals surface area (Å²) in [5, 5.41) is 0.938. The number of rotatable bonds is 4. The number of esters is 2. The molecule has 1 aromatic carbocycles. The van der Waals surface area contributed by atoms with E-state index in [1.54, 1.807) is 10.6 Å². The third-order valence-electron chi connectivity index (χ3n) is 2.97. The topological polar surface area (TPSA) is 57.5 Å². The largest absolute Gasteiger partial charge is 0.469 e. The quantitative estimate of drug-likeness (QED) is 0.790. The Morgan fingerprint density at radius 1 is 1.16 bits per heavy atom. The monoisotopic (exact) mass is 261 g/mol. The number of hydrogen-bond acceptors (Lipinski definition) is 4. The molecule has 0 radical (unpaired) electrons. The Morgan fingerprint density at radius 3 is 2.58 bits per heavy atom. The molecule has 19 heavy (non-hydrogen) atoms. The van der Waals surface area contributed by atoms with E-state index in [1.165, 1.54) is 14.2 Å². The zero-order valence-corrected chi connectivity index (χ0v) is 10.9. The minimum absolute atomic E-state index is 0.208. The van der Waals surface area contributed by atoms with Crippen molar-refractivity contribution in [3.63, 3.8) is 0 Å². The molecule has 0 saturated heterocycles. The molecule has 0 amide bonds. The number of hydrogen-bond donors (Lipinski definition) is 0. The van der Waals surface area contributed by atoms with Crippen LogP contribution < -0.4 is 0 Å². The van der Waals surface area contributed by atoms with Crippen molar-refractivity contribution in [3.05, 3.63) is 36.0 Å². The van der Waals surface area contributed by atoms with Crippen molar-refractivity contribution >= 4 is 22.8 Å². The summed E-state index contributed by atoms with van der Waals surface area (Å²) in [6.45, 7) is 0.380. The van der Waals surface area contributed by atoms with E-state index in [-0.39, 0.29) is 12.4 Å². The highest BCUT2D eigenvalue weighted by Gasteiger charge is 2.16. The van der Waals surface area contributed by atoms with E-state index in [4.69, 9.17) is 4.74 Å². The van der Waals surface area contributed by atoms with Gasteiger partial charge < -0.3 is 14.0 Å². The molecule has 1 aromatic heterocycles. The van der Waals surface area contributed by atoms with E-state index in [0.717, 1.165) is 10.9 Å². The van der Waals surface area contributed by atoms with Crippen molar-refractivity contribution in [2.24, 2.45) is 0 Å². The maximum atomic E-state index is 11.8. The van der Waals surface area contributed by atoms with Crippen molar-refractivity contribution in [2.75, 3.05) is 14.2 Å². The number of aryl methyl sites for hydroxylation is 1. The highest BCUT2D eigenvalue weighted by molar-refractivity contribution is 5.95. The van der Waals surface area contributed by atoms with E-state index in [1.807, 2.05) is 24.3 Å². The minimum Gasteiger partial charge on any atom is -0.469 e. The van der Waals surface area contributed by atoms with Crippen LogP contribution in [0, 0.1) is 0 Å². The van der Waals surface area contributed by atoms with Gasteiger partial charge in [0.2, 0.25) is 0 Å². The van der Waals surface area contributed by atoms with Crippen LogP contribution in [0.1, 0.15) is 16.9 Å². The summed E-state index contributed by atoms with van der Waals surface area (Å²) >= 11 is 0. The molecule has 0 aliphatic heterocycles. The smallest absolute Gasteiger partial charge is 0.354 e. The molecule has 0 atom stereocenters. The molecule has 5 nitrogen and oxygen atoms in total. The second kappa shape index (κ2) is 5.56. The maximum Gasteiger partial charge on any atom is 0.354 e. The van der Waals surface area contributed by atoms with Crippen molar-refractivity contribution in [1.29, 1.82) is 0 Å². The molecule has 5 heteroatoms. The summed E-state index contributed by atoms with van der Waals surface area (Å²) in [5.41, 5.74) is 1.33. The molecular weight excluding hydrogens is 246 g/mol. The SMILES string of the molecule is COC(=O)CCn1c(C(=O)OC)cc2ccccc21. The van der Waals surface area contributed by atoms with Crippen LogP contribution in [-0.2, 0) is 20.8 Å². The summed E-state index contributed by atoms with van der Waals surface area (Å²) in [5.74, 6) is -0.727. The molecule has 0 saturated carbocycles. The number of nitrogens with zero attached hydrogens (tertiary/aromatic N) is 1. The fraction of sp³-hybridized carbons (Fsp3) is 0.286. The minimum atomic E-state index is -0.416. The first-order valence-corrected chi connectivity index (χ1v) is 5.90. The fourth-order valence-electron chi connectivity index (χ4n) is 2.03. The standard InChI is InChI=1S/C14H15NO4/c1-18-13(16)7-8-15-11-6-4-3-5-10(11)9-12(15)14(17)19-2/h3-6,9H,7-8H2,1-2H3. The number of benzene rings is 1. The Morgan fingerprint density at radius 2 is 1.89 bits per heavy atom. The molecule has 2 aromatic rings. The van der Waals surface area contributed by atoms with E-state index in [2.05, 4.69) is 4.74 Å². The lowest BCUT2D eigenvalue weighted by atomic mass is 10.2. The van der Waals surface area contributed by atoms with Gasteiger partial charge in [0, 0.05) is 17.4 Å². The molecule has 2 rings (SSSR count).